The third kappa shape index (κ3) is 14.8. The van der Waals surface area contributed by atoms with Crippen molar-refractivity contribution >= 4 is 104 Å². The van der Waals surface area contributed by atoms with Crippen LogP contribution in [-0.4, -0.2) is 70.0 Å². The minimum absolute atomic E-state index is 0. The predicted molar refractivity (Wildman–Crippen MR) is 236 cm³/mol. The standard InChI is InChI=1S/C40H41N11O10S3.3Na/c1-3-51(4-2)19-18-43-28-14-16-31(30(41)22-28)48-45-27-12-10-25(11-13-27)44-32-17-15-29(23-33(32)62(53,54)55)47-49-38-34(63(56,57)58)20-24-21-35(64(59,60)61)39(40(52)36(24)37(38)42)50-46-26-8-6-5-7-9-26;;;/h5-17,20-23,43-44,52H,3-4,18-19,41-42H2,1-2H3,(H,53,54,55)(H,56,57,58)(H,59,60,61);;;/q;3*+1/p-3. The summed E-state index contributed by atoms with van der Waals surface area (Å²) in [6.45, 7) is 7.73. The Morgan fingerprint density at radius 2 is 1.18 bits per heavy atom. The van der Waals surface area contributed by atoms with Gasteiger partial charge in [0.05, 0.1) is 49.6 Å². The fourth-order valence-corrected chi connectivity index (χ4v) is 8.17. The van der Waals surface area contributed by atoms with Crippen LogP contribution in [0.15, 0.2) is 149 Å². The van der Waals surface area contributed by atoms with E-state index in [4.69, 9.17) is 11.5 Å². The topological polar surface area (TPSA) is 345 Å². The number of hydrogen-bond donors (Lipinski definition) is 5. The monoisotopic (exact) mass is 997 g/mol. The molecule has 0 aliphatic heterocycles. The third-order valence-electron chi connectivity index (χ3n) is 9.46. The maximum absolute atomic E-state index is 13.7. The number of likely N-dealkylation sites (N-methyl/N-ethyl adjacent to an activating group) is 1. The average Bonchev–Trinajstić information content (AvgIpc) is 3.24. The first-order valence-corrected chi connectivity index (χ1v) is 23.2. The number of fused-ring (bicyclic) bond motifs is 1. The van der Waals surface area contributed by atoms with E-state index in [1.54, 1.807) is 54.6 Å². The molecule has 0 spiro atoms. The van der Waals surface area contributed by atoms with Gasteiger partial charge >= 0.3 is 88.7 Å². The van der Waals surface area contributed by atoms with E-state index in [-0.39, 0.29) is 106 Å². The number of nitrogens with two attached hydrogens (primary N) is 2. The number of nitrogen functional groups attached to an aromatic ring is 2. The van der Waals surface area contributed by atoms with Crippen molar-refractivity contribution in [1.82, 2.24) is 4.90 Å². The molecular formula is C40H38N11Na3O10S3. The molecule has 6 aromatic carbocycles. The molecule has 0 atom stereocenters. The Morgan fingerprint density at radius 3 is 1.78 bits per heavy atom. The molecule has 0 aromatic heterocycles. The smallest absolute Gasteiger partial charge is 0.870 e. The third-order valence-corrected chi connectivity index (χ3v) is 12.1. The van der Waals surface area contributed by atoms with Crippen LogP contribution in [0, 0.1) is 0 Å². The Kier molecular flexibility index (Phi) is 21.0. The zero-order chi connectivity index (χ0) is 46.4. The van der Waals surface area contributed by atoms with Crippen molar-refractivity contribution in [2.45, 2.75) is 28.5 Å². The van der Waals surface area contributed by atoms with Gasteiger partial charge in [-0.25, -0.2) is 16.8 Å². The van der Waals surface area contributed by atoms with Crippen LogP contribution in [0.3, 0.4) is 0 Å². The zero-order valence-electron chi connectivity index (χ0n) is 36.8. The fraction of sp³-hybridized carbons (Fsp3) is 0.150. The van der Waals surface area contributed by atoms with Gasteiger partial charge in [-0.15, -0.1) is 15.3 Å². The molecule has 27 heteroatoms. The maximum atomic E-state index is 13.7. The van der Waals surface area contributed by atoms with Gasteiger partial charge < -0.3 is 41.2 Å². The molecule has 6 rings (SSSR count). The Labute approximate surface area is 452 Å². The SMILES string of the molecule is CCN(CC)CCNc1ccc(N=Nc2ccc(Nc3ccc(N=Nc4c(S(=O)(=O)[O-])cc5cc(S(=O)(=O)O)c(N=Nc6ccccc6)c([O-])c5c4N)cc3S(=O)(=O)[O-])cc2)c(N)c1.[Na+].[Na+].[Na+]. The molecule has 0 unspecified atom stereocenters. The normalized spacial score (nSPS) is 12.0. The van der Waals surface area contributed by atoms with Gasteiger partial charge in [0.25, 0.3) is 10.1 Å². The molecular weight excluding hydrogens is 960 g/mol. The maximum Gasteiger partial charge on any atom is 1.00 e. The molecule has 21 nitrogen and oxygen atoms in total. The van der Waals surface area contributed by atoms with Gasteiger partial charge in [0.15, 0.2) is 0 Å². The molecule has 6 aromatic rings. The van der Waals surface area contributed by atoms with Crippen LogP contribution in [0.2, 0.25) is 0 Å². The van der Waals surface area contributed by atoms with Gasteiger partial charge in [0.2, 0.25) is 0 Å². The second kappa shape index (κ2) is 24.6. The molecule has 0 bridgehead atoms. The molecule has 0 saturated heterocycles. The Morgan fingerprint density at radius 1 is 0.627 bits per heavy atom. The summed E-state index contributed by atoms with van der Waals surface area (Å²) in [6, 6.07) is 23.8. The van der Waals surface area contributed by atoms with Crippen LogP contribution in [0.5, 0.6) is 5.75 Å². The van der Waals surface area contributed by atoms with Gasteiger partial charge in [0.1, 0.15) is 36.5 Å². The quantitative estimate of drug-likeness (QED) is 0.0313. The minimum atomic E-state index is -5.49. The summed E-state index contributed by atoms with van der Waals surface area (Å²) < 4.78 is 109. The number of hydrogen-bond acceptors (Lipinski definition) is 20. The molecule has 0 heterocycles. The Balaban J connectivity index is 0.00000397. The zero-order valence-corrected chi connectivity index (χ0v) is 45.2. The van der Waals surface area contributed by atoms with Gasteiger partial charge in [-0.05, 0) is 103 Å². The molecule has 0 saturated carbocycles. The minimum Gasteiger partial charge on any atom is -0.870 e. The number of nitrogens with one attached hydrogen (secondary N) is 2. The van der Waals surface area contributed by atoms with E-state index in [0.29, 0.717) is 34.9 Å². The van der Waals surface area contributed by atoms with Gasteiger partial charge in [-0.1, -0.05) is 37.8 Å². The van der Waals surface area contributed by atoms with Crippen LogP contribution in [0.25, 0.3) is 10.8 Å². The summed E-state index contributed by atoms with van der Waals surface area (Å²) >= 11 is 0. The summed E-state index contributed by atoms with van der Waals surface area (Å²) in [5.41, 5.74) is 12.0. The summed E-state index contributed by atoms with van der Waals surface area (Å²) in [5, 5.41) is 42.4. The van der Waals surface area contributed by atoms with E-state index in [2.05, 4.69) is 60.1 Å². The molecule has 0 radical (unpaired) electrons. The van der Waals surface area contributed by atoms with Crippen LogP contribution in [-0.2, 0) is 30.4 Å². The van der Waals surface area contributed by atoms with Gasteiger partial charge in [-0.3, -0.25) is 4.55 Å². The molecule has 0 aliphatic rings. The van der Waals surface area contributed by atoms with Crippen molar-refractivity contribution in [1.29, 1.82) is 0 Å². The number of rotatable bonds is 17. The number of benzene rings is 6. The number of azo groups is 3. The molecule has 67 heavy (non-hydrogen) atoms. The van der Waals surface area contributed by atoms with Gasteiger partial charge in [0, 0.05) is 29.9 Å². The Bertz CT molecular complexity index is 3170. The molecule has 0 amide bonds. The van der Waals surface area contributed by atoms with E-state index in [9.17, 15) is 44.0 Å². The average molecular weight is 998 g/mol. The fourth-order valence-electron chi connectivity index (χ4n) is 6.21. The Hall–Kier alpha value is -3.93. The molecule has 7 N–H and O–H groups in total. The van der Waals surface area contributed by atoms with E-state index in [1.165, 1.54) is 24.3 Å². The van der Waals surface area contributed by atoms with Crippen molar-refractivity contribution in [2.75, 3.05) is 48.3 Å². The van der Waals surface area contributed by atoms with Crippen LogP contribution < -0.4 is 116 Å². The summed E-state index contributed by atoms with van der Waals surface area (Å²) in [5.74, 6) is -1.25. The van der Waals surface area contributed by atoms with Crippen molar-refractivity contribution in [3.05, 3.63) is 103 Å². The summed E-state index contributed by atoms with van der Waals surface area (Å²) in [7, 11) is -15.9. The van der Waals surface area contributed by atoms with Crippen molar-refractivity contribution in [3.63, 3.8) is 0 Å². The van der Waals surface area contributed by atoms with Crippen molar-refractivity contribution < 1.29 is 133 Å². The first-order valence-electron chi connectivity index (χ1n) is 18.9. The van der Waals surface area contributed by atoms with Crippen molar-refractivity contribution in [2.24, 2.45) is 30.7 Å². The van der Waals surface area contributed by atoms with E-state index >= 15 is 0 Å². The van der Waals surface area contributed by atoms with E-state index in [1.807, 2.05) is 6.07 Å². The summed E-state index contributed by atoms with van der Waals surface area (Å²) in [6.07, 6.45) is 0. The largest absolute Gasteiger partial charge is 1.00 e. The van der Waals surface area contributed by atoms with E-state index in [0.717, 1.165) is 37.9 Å². The molecule has 0 aliphatic carbocycles. The second-order valence-corrected chi connectivity index (χ2v) is 17.8. The van der Waals surface area contributed by atoms with Crippen LogP contribution in [0.1, 0.15) is 13.8 Å². The number of anilines is 5. The summed E-state index contributed by atoms with van der Waals surface area (Å²) in [4.78, 5) is -0.734. The van der Waals surface area contributed by atoms with Crippen molar-refractivity contribution in [3.8, 4) is 5.75 Å². The first kappa shape index (κ1) is 57.4. The predicted octanol–water partition coefficient (Wildman–Crippen LogP) is -1.11. The van der Waals surface area contributed by atoms with E-state index < -0.39 is 78.6 Å². The molecule has 334 valence electrons. The molecule has 0 fully saturated rings. The van der Waals surface area contributed by atoms with Gasteiger partial charge in [-0.2, -0.15) is 23.8 Å². The second-order valence-electron chi connectivity index (χ2n) is 13.7. The van der Waals surface area contributed by atoms with Crippen LogP contribution in [0.4, 0.5) is 62.6 Å². The van der Waals surface area contributed by atoms with Crippen LogP contribution >= 0.6 is 0 Å². The number of nitrogens with zero attached hydrogens (tertiary/aromatic N) is 7. The first-order chi connectivity index (χ1) is 30.3.